The van der Waals surface area contributed by atoms with Gasteiger partial charge in [0, 0.05) is 27.8 Å². The van der Waals surface area contributed by atoms with E-state index >= 15 is 0 Å². The number of aromatic nitrogens is 2. The van der Waals surface area contributed by atoms with Crippen molar-refractivity contribution in [3.63, 3.8) is 0 Å². The molecule has 0 amide bonds. The molecule has 1 atom stereocenters. The summed E-state index contributed by atoms with van der Waals surface area (Å²) in [7, 11) is 0. The van der Waals surface area contributed by atoms with Crippen molar-refractivity contribution in [1.29, 1.82) is 0 Å². The van der Waals surface area contributed by atoms with E-state index in [9.17, 15) is 0 Å². The normalized spacial score (nSPS) is 21.4. The first kappa shape index (κ1) is 14.5. The Morgan fingerprint density at radius 2 is 2.05 bits per heavy atom. The summed E-state index contributed by atoms with van der Waals surface area (Å²) in [6, 6.07) is 7.85. The molecule has 2 aromatic rings. The highest BCUT2D eigenvalue weighted by molar-refractivity contribution is 6.33. The summed E-state index contributed by atoms with van der Waals surface area (Å²) in [5, 5.41) is 8.18. The Morgan fingerprint density at radius 3 is 2.76 bits per heavy atom. The molecule has 1 aliphatic rings. The van der Waals surface area contributed by atoms with Crippen molar-refractivity contribution >= 4 is 17.4 Å². The molecular formula is C17H22ClN3. The van der Waals surface area contributed by atoms with E-state index in [-0.39, 0.29) is 5.41 Å². The Bertz CT molecular complexity index is 645. The lowest BCUT2D eigenvalue weighted by atomic mass is 9.67. The smallest absolute Gasteiger partial charge is 0.153 e. The van der Waals surface area contributed by atoms with Crippen LogP contribution in [0.5, 0.6) is 0 Å². The number of halogens is 1. The van der Waals surface area contributed by atoms with Crippen molar-refractivity contribution in [2.75, 3.05) is 5.73 Å². The lowest BCUT2D eigenvalue weighted by Crippen LogP contribution is -2.26. The minimum atomic E-state index is 0.257. The van der Waals surface area contributed by atoms with Crippen molar-refractivity contribution in [3.05, 3.63) is 35.0 Å². The van der Waals surface area contributed by atoms with E-state index in [1.165, 1.54) is 25.7 Å². The highest BCUT2D eigenvalue weighted by Gasteiger charge is 2.36. The first-order chi connectivity index (χ1) is 10.0. The quantitative estimate of drug-likeness (QED) is 0.820. The second-order valence-corrected chi connectivity index (χ2v) is 7.07. The third-order valence-electron chi connectivity index (χ3n) is 4.82. The van der Waals surface area contributed by atoms with Gasteiger partial charge in [0.2, 0.25) is 0 Å². The van der Waals surface area contributed by atoms with Crippen LogP contribution in [0, 0.1) is 5.41 Å². The molecule has 3 N–H and O–H groups in total. The molecule has 1 heterocycles. The van der Waals surface area contributed by atoms with Crippen LogP contribution in [-0.2, 0) is 0 Å². The number of aromatic amines is 1. The van der Waals surface area contributed by atoms with Gasteiger partial charge in [0.1, 0.15) is 0 Å². The third kappa shape index (κ3) is 2.55. The Hall–Kier alpha value is -1.48. The van der Waals surface area contributed by atoms with Gasteiger partial charge >= 0.3 is 0 Å². The number of nitrogens with two attached hydrogens (primary N) is 1. The van der Waals surface area contributed by atoms with Gasteiger partial charge < -0.3 is 5.73 Å². The van der Waals surface area contributed by atoms with Crippen LogP contribution in [0.1, 0.15) is 51.1 Å². The fourth-order valence-corrected chi connectivity index (χ4v) is 3.83. The fraction of sp³-hybridized carbons (Fsp3) is 0.471. The second-order valence-electron chi connectivity index (χ2n) is 6.66. The molecule has 1 aromatic heterocycles. The average Bonchev–Trinajstić information content (AvgIpc) is 2.80. The Labute approximate surface area is 130 Å². The number of rotatable bonds is 2. The zero-order valence-corrected chi connectivity index (χ0v) is 13.4. The number of hydrogen-bond acceptors (Lipinski definition) is 2. The lowest BCUT2D eigenvalue weighted by Gasteiger charge is -2.38. The van der Waals surface area contributed by atoms with Crippen LogP contribution < -0.4 is 5.73 Å². The molecule has 1 saturated carbocycles. The van der Waals surface area contributed by atoms with E-state index in [4.69, 9.17) is 17.3 Å². The molecule has 1 fully saturated rings. The van der Waals surface area contributed by atoms with Gasteiger partial charge in [-0.2, -0.15) is 5.10 Å². The molecule has 21 heavy (non-hydrogen) atoms. The highest BCUT2D eigenvalue weighted by atomic mass is 35.5. The second kappa shape index (κ2) is 5.38. The van der Waals surface area contributed by atoms with Crippen LogP contribution in [0.15, 0.2) is 24.3 Å². The van der Waals surface area contributed by atoms with E-state index < -0.39 is 0 Å². The summed E-state index contributed by atoms with van der Waals surface area (Å²) in [5.41, 5.74) is 9.50. The summed E-state index contributed by atoms with van der Waals surface area (Å²) < 4.78 is 0. The van der Waals surface area contributed by atoms with E-state index in [0.717, 1.165) is 21.8 Å². The Balaban J connectivity index is 2.11. The molecule has 1 unspecified atom stereocenters. The molecule has 4 heteroatoms. The fourth-order valence-electron chi connectivity index (χ4n) is 3.60. The van der Waals surface area contributed by atoms with Gasteiger partial charge in [-0.15, -0.1) is 0 Å². The van der Waals surface area contributed by atoms with Crippen LogP contribution in [0.4, 0.5) is 5.82 Å². The number of H-pyrrole nitrogens is 1. The third-order valence-corrected chi connectivity index (χ3v) is 5.15. The monoisotopic (exact) mass is 303 g/mol. The zero-order valence-electron chi connectivity index (χ0n) is 12.6. The molecule has 0 spiro atoms. The number of nitrogens with zero attached hydrogens (tertiary/aromatic N) is 1. The minimum absolute atomic E-state index is 0.257. The molecule has 1 aliphatic carbocycles. The van der Waals surface area contributed by atoms with E-state index in [1.807, 2.05) is 24.3 Å². The molecule has 112 valence electrons. The van der Waals surface area contributed by atoms with Gasteiger partial charge in [0.15, 0.2) is 5.82 Å². The van der Waals surface area contributed by atoms with Crippen LogP contribution in [0.2, 0.25) is 5.02 Å². The van der Waals surface area contributed by atoms with E-state index in [1.54, 1.807) is 0 Å². The van der Waals surface area contributed by atoms with Crippen molar-refractivity contribution in [3.8, 4) is 11.1 Å². The zero-order chi connectivity index (χ0) is 15.0. The average molecular weight is 304 g/mol. The Morgan fingerprint density at radius 1 is 1.29 bits per heavy atom. The van der Waals surface area contributed by atoms with Gasteiger partial charge in [-0.05, 0) is 24.3 Å². The first-order valence-corrected chi connectivity index (χ1v) is 7.97. The number of benzene rings is 1. The van der Waals surface area contributed by atoms with Crippen LogP contribution in [0.3, 0.4) is 0 Å². The van der Waals surface area contributed by atoms with Gasteiger partial charge in [-0.1, -0.05) is 56.5 Å². The predicted molar refractivity (Wildman–Crippen MR) is 88.4 cm³/mol. The summed E-state index contributed by atoms with van der Waals surface area (Å²) in [4.78, 5) is 0. The van der Waals surface area contributed by atoms with Crippen LogP contribution >= 0.6 is 11.6 Å². The van der Waals surface area contributed by atoms with Gasteiger partial charge in [-0.25, -0.2) is 0 Å². The van der Waals surface area contributed by atoms with Crippen molar-refractivity contribution in [2.45, 2.75) is 45.4 Å². The van der Waals surface area contributed by atoms with Crippen molar-refractivity contribution < 1.29 is 0 Å². The summed E-state index contributed by atoms with van der Waals surface area (Å²) in [5.74, 6) is 0.988. The summed E-state index contributed by atoms with van der Waals surface area (Å²) in [6.45, 7) is 4.68. The first-order valence-electron chi connectivity index (χ1n) is 7.59. The van der Waals surface area contributed by atoms with E-state index in [0.29, 0.717) is 11.7 Å². The van der Waals surface area contributed by atoms with Gasteiger partial charge in [0.25, 0.3) is 0 Å². The number of anilines is 1. The minimum Gasteiger partial charge on any atom is -0.382 e. The largest absolute Gasteiger partial charge is 0.382 e. The van der Waals surface area contributed by atoms with Crippen molar-refractivity contribution in [1.82, 2.24) is 10.2 Å². The predicted octanol–water partition coefficient (Wildman–Crippen LogP) is 5.00. The molecule has 1 aromatic carbocycles. The van der Waals surface area contributed by atoms with Crippen LogP contribution in [-0.4, -0.2) is 10.2 Å². The molecular weight excluding hydrogens is 282 g/mol. The number of hydrogen-bond donors (Lipinski definition) is 2. The molecule has 3 rings (SSSR count). The van der Waals surface area contributed by atoms with Gasteiger partial charge in [0.05, 0.1) is 0 Å². The Kier molecular flexibility index (Phi) is 3.70. The maximum atomic E-state index is 6.37. The number of nitrogen functional groups attached to an aromatic ring is 1. The topological polar surface area (TPSA) is 54.7 Å². The summed E-state index contributed by atoms with van der Waals surface area (Å²) in [6.07, 6.45) is 4.97. The summed E-state index contributed by atoms with van der Waals surface area (Å²) >= 11 is 6.37. The van der Waals surface area contributed by atoms with Crippen LogP contribution in [0.25, 0.3) is 11.1 Å². The molecule has 0 bridgehead atoms. The lowest BCUT2D eigenvalue weighted by molar-refractivity contribution is 0.196. The van der Waals surface area contributed by atoms with E-state index in [2.05, 4.69) is 24.0 Å². The molecule has 3 nitrogen and oxygen atoms in total. The molecule has 0 saturated heterocycles. The molecule has 0 aliphatic heterocycles. The maximum Gasteiger partial charge on any atom is 0.153 e. The van der Waals surface area contributed by atoms with Gasteiger partial charge in [-0.3, -0.25) is 5.10 Å². The number of nitrogens with one attached hydrogen (secondary N) is 1. The van der Waals surface area contributed by atoms with Crippen molar-refractivity contribution in [2.24, 2.45) is 5.41 Å². The standard InChI is InChI=1S/C17H22ClN3/c1-17(2)10-6-5-8-12(17)15-14(16(19)21-20-15)11-7-3-4-9-13(11)18/h3-4,7,9,12H,5-6,8,10H2,1-2H3,(H3,19,20,21). The SMILES string of the molecule is CC1(C)CCCCC1c1[nH]nc(N)c1-c1ccccc1Cl. The molecule has 0 radical (unpaired) electrons. The maximum absolute atomic E-state index is 6.37. The highest BCUT2D eigenvalue weighted by Crippen LogP contribution is 2.49.